The Bertz CT molecular complexity index is 1770. The molecule has 4 aromatic rings. The lowest BCUT2D eigenvalue weighted by Gasteiger charge is -2.26. The number of fused-ring (bicyclic) bond motifs is 1. The van der Waals surface area contributed by atoms with Crippen LogP contribution in [-0.4, -0.2) is 63.5 Å². The number of ether oxygens (including phenoxy) is 5. The summed E-state index contributed by atoms with van der Waals surface area (Å²) in [6.45, 7) is 11.2. The third-order valence-electron chi connectivity index (χ3n) is 6.93. The average molecular weight is 655 g/mol. The minimum Gasteiger partial charge on any atom is -0.483 e. The highest BCUT2D eigenvalue weighted by Crippen LogP contribution is 2.35. The van der Waals surface area contributed by atoms with Gasteiger partial charge in [0.05, 0.1) is 6.61 Å². The molecule has 1 aliphatic heterocycles. The van der Waals surface area contributed by atoms with Gasteiger partial charge in [0, 0.05) is 24.6 Å². The Morgan fingerprint density at radius 3 is 2.49 bits per heavy atom. The number of hydrogen-bond acceptors (Lipinski definition) is 11. The lowest BCUT2D eigenvalue weighted by molar-refractivity contribution is -0.142. The third-order valence-corrected chi connectivity index (χ3v) is 6.93. The molecule has 0 saturated carbocycles. The lowest BCUT2D eigenvalue weighted by atomic mass is 10.1. The Hall–Kier alpha value is -5.01. The number of carbonyl (C=O) groups is 2. The molecule has 12 nitrogen and oxygen atoms in total. The van der Waals surface area contributed by atoms with Crippen molar-refractivity contribution in [2.24, 2.45) is 0 Å². The van der Waals surface area contributed by atoms with E-state index in [1.165, 1.54) is 4.90 Å². The third kappa shape index (κ3) is 8.05. The van der Waals surface area contributed by atoms with Crippen molar-refractivity contribution in [1.82, 2.24) is 19.9 Å². The first kappa shape index (κ1) is 33.4. The second-order valence-electron chi connectivity index (χ2n) is 12.0. The summed E-state index contributed by atoms with van der Waals surface area (Å²) in [5.74, 6) is -1.47. The van der Waals surface area contributed by atoms with Gasteiger partial charge in [-0.1, -0.05) is 6.92 Å². The number of oxazole rings is 1. The van der Waals surface area contributed by atoms with Crippen LogP contribution in [0.3, 0.4) is 0 Å². The molecule has 14 heteroatoms. The molecule has 0 N–H and O–H groups in total. The Kier molecular flexibility index (Phi) is 9.77. The zero-order valence-corrected chi connectivity index (χ0v) is 27.0. The first-order valence-corrected chi connectivity index (χ1v) is 15.2. The molecule has 2 aromatic carbocycles. The normalized spacial score (nSPS) is 14.7. The zero-order chi connectivity index (χ0) is 33.9. The molecule has 1 amide bonds. The monoisotopic (exact) mass is 654 g/mol. The number of aromatic nitrogens is 3. The maximum absolute atomic E-state index is 14.2. The van der Waals surface area contributed by atoms with E-state index in [9.17, 15) is 18.4 Å². The van der Waals surface area contributed by atoms with Gasteiger partial charge in [0.25, 0.3) is 17.5 Å². The molecule has 47 heavy (non-hydrogen) atoms. The summed E-state index contributed by atoms with van der Waals surface area (Å²) < 4.78 is 61.6. The molecule has 250 valence electrons. The van der Waals surface area contributed by atoms with Crippen molar-refractivity contribution in [2.75, 3.05) is 19.8 Å². The van der Waals surface area contributed by atoms with Gasteiger partial charge in [-0.3, -0.25) is 4.79 Å². The molecule has 0 bridgehead atoms. The minimum absolute atomic E-state index is 0.0166. The summed E-state index contributed by atoms with van der Waals surface area (Å²) in [4.78, 5) is 39.7. The zero-order valence-electron chi connectivity index (χ0n) is 27.0. The lowest BCUT2D eigenvalue weighted by Crippen LogP contribution is -2.41. The molecular weight excluding hydrogens is 618 g/mol. The van der Waals surface area contributed by atoms with Crippen LogP contribution in [0.4, 0.5) is 13.6 Å². The number of nitrogens with zero attached hydrogens (tertiary/aromatic N) is 4. The van der Waals surface area contributed by atoms with E-state index in [0.717, 1.165) is 18.2 Å². The van der Waals surface area contributed by atoms with Crippen LogP contribution in [0.5, 0.6) is 23.4 Å². The van der Waals surface area contributed by atoms with Crippen molar-refractivity contribution in [2.45, 2.75) is 72.6 Å². The molecule has 1 saturated heterocycles. The minimum atomic E-state index is -0.830. The van der Waals surface area contributed by atoms with Gasteiger partial charge in [-0.05, 0) is 82.9 Å². The number of likely N-dealkylation sites (tertiary alicyclic amines) is 1. The van der Waals surface area contributed by atoms with Crippen LogP contribution in [0.1, 0.15) is 58.1 Å². The number of aryl methyl sites for hydroxylation is 2. The Labute approximate surface area is 269 Å². The van der Waals surface area contributed by atoms with E-state index < -0.39 is 35.4 Å². The molecule has 0 radical (unpaired) electrons. The first-order chi connectivity index (χ1) is 22.3. The predicted molar refractivity (Wildman–Crippen MR) is 164 cm³/mol. The van der Waals surface area contributed by atoms with Gasteiger partial charge in [0.15, 0.2) is 29.9 Å². The standard InChI is InChI=1S/C33H36F2N4O8/c1-7-13-42-29-26-30(38-31(37-29)44-23-16-21(34)10-11-22(23)35)46-28(36-26)20-14-18(2)27(19(3)15-20)43-17-24(40)39-12-8-9-25(39)45-32(41)47-33(4,5)6/h10-11,14-16,25H,7-9,12-13,17H2,1-6H3/t25-/m0/s1. The Morgan fingerprint density at radius 1 is 1.04 bits per heavy atom. The molecule has 1 fully saturated rings. The molecule has 1 aliphatic rings. The summed E-state index contributed by atoms with van der Waals surface area (Å²) in [6.07, 6.45) is 0.304. The highest BCUT2D eigenvalue weighted by molar-refractivity contribution is 5.79. The van der Waals surface area contributed by atoms with Gasteiger partial charge < -0.3 is 33.0 Å². The van der Waals surface area contributed by atoms with Crippen LogP contribution in [0.25, 0.3) is 22.7 Å². The number of halogens is 2. The van der Waals surface area contributed by atoms with Crippen molar-refractivity contribution in [3.05, 3.63) is 53.1 Å². The SMILES string of the molecule is CCCOc1nc(Oc2cc(F)ccc2F)nc2oc(-c3cc(C)c(OCC(=O)N4CCC[C@@H]4OC(=O)OC(C)(C)C)c(C)c3)nc12. The topological polar surface area (TPSA) is 135 Å². The molecule has 0 unspecified atom stereocenters. The van der Waals surface area contributed by atoms with E-state index >= 15 is 0 Å². The largest absolute Gasteiger partial charge is 0.510 e. The molecule has 2 aromatic heterocycles. The van der Waals surface area contributed by atoms with E-state index in [1.54, 1.807) is 32.9 Å². The smallest absolute Gasteiger partial charge is 0.483 e. The van der Waals surface area contributed by atoms with Gasteiger partial charge in [-0.15, -0.1) is 0 Å². The second kappa shape index (κ2) is 13.8. The molecule has 0 spiro atoms. The summed E-state index contributed by atoms with van der Waals surface area (Å²) in [5.41, 5.74) is 1.52. The van der Waals surface area contributed by atoms with Crippen LogP contribution in [0, 0.1) is 25.5 Å². The van der Waals surface area contributed by atoms with E-state index in [4.69, 9.17) is 28.1 Å². The predicted octanol–water partition coefficient (Wildman–Crippen LogP) is 7.04. The van der Waals surface area contributed by atoms with Crippen LogP contribution < -0.4 is 14.2 Å². The number of amides is 1. The summed E-state index contributed by atoms with van der Waals surface area (Å²) >= 11 is 0. The van der Waals surface area contributed by atoms with Crippen molar-refractivity contribution >= 4 is 23.3 Å². The van der Waals surface area contributed by atoms with Gasteiger partial charge in [0.2, 0.25) is 5.89 Å². The van der Waals surface area contributed by atoms with Crippen molar-refractivity contribution in [1.29, 1.82) is 0 Å². The van der Waals surface area contributed by atoms with E-state index in [2.05, 4.69) is 15.0 Å². The van der Waals surface area contributed by atoms with Gasteiger partial charge in [-0.25, -0.2) is 18.6 Å². The van der Waals surface area contributed by atoms with Crippen molar-refractivity contribution < 1.29 is 46.5 Å². The van der Waals surface area contributed by atoms with Gasteiger partial charge in [0.1, 0.15) is 17.2 Å². The van der Waals surface area contributed by atoms with Crippen molar-refractivity contribution in [3.8, 4) is 34.8 Å². The number of benzene rings is 2. The maximum atomic E-state index is 14.2. The maximum Gasteiger partial charge on any atom is 0.510 e. The Morgan fingerprint density at radius 2 is 1.79 bits per heavy atom. The van der Waals surface area contributed by atoms with E-state index in [-0.39, 0.29) is 41.5 Å². The quantitative estimate of drug-likeness (QED) is 0.163. The molecule has 3 heterocycles. The van der Waals surface area contributed by atoms with Gasteiger partial charge >= 0.3 is 12.2 Å². The van der Waals surface area contributed by atoms with E-state index in [0.29, 0.717) is 54.9 Å². The van der Waals surface area contributed by atoms with Crippen LogP contribution in [0.2, 0.25) is 0 Å². The highest BCUT2D eigenvalue weighted by Gasteiger charge is 2.33. The molecule has 1 atom stereocenters. The second-order valence-corrected chi connectivity index (χ2v) is 12.0. The molecular formula is C33H36F2N4O8. The summed E-state index contributed by atoms with van der Waals surface area (Å²) in [5, 5.41) is 0. The van der Waals surface area contributed by atoms with Gasteiger partial charge in [-0.2, -0.15) is 9.97 Å². The van der Waals surface area contributed by atoms with Crippen LogP contribution in [0.15, 0.2) is 34.7 Å². The highest BCUT2D eigenvalue weighted by atomic mass is 19.1. The Balaban J connectivity index is 1.33. The number of hydrogen-bond donors (Lipinski definition) is 0. The average Bonchev–Trinajstić information content (AvgIpc) is 3.63. The molecule has 0 aliphatic carbocycles. The fourth-order valence-electron chi connectivity index (χ4n) is 4.95. The first-order valence-electron chi connectivity index (χ1n) is 15.2. The fraction of sp³-hybridized carbons (Fsp3) is 0.424. The van der Waals surface area contributed by atoms with Crippen molar-refractivity contribution in [3.63, 3.8) is 0 Å². The molecule has 5 rings (SSSR count). The van der Waals surface area contributed by atoms with Crippen LogP contribution in [-0.2, 0) is 14.3 Å². The fourth-order valence-corrected chi connectivity index (χ4v) is 4.95. The number of carbonyl (C=O) groups excluding carboxylic acids is 2. The summed E-state index contributed by atoms with van der Waals surface area (Å²) in [7, 11) is 0. The summed E-state index contributed by atoms with van der Waals surface area (Å²) in [6, 6.07) is 6.03. The van der Waals surface area contributed by atoms with E-state index in [1.807, 2.05) is 20.8 Å². The van der Waals surface area contributed by atoms with Crippen LogP contribution >= 0.6 is 0 Å². The number of rotatable bonds is 10.